The van der Waals surface area contributed by atoms with Crippen molar-refractivity contribution in [3.05, 3.63) is 33.8 Å². The van der Waals surface area contributed by atoms with Crippen molar-refractivity contribution in [3.8, 4) is 0 Å². The van der Waals surface area contributed by atoms with Gasteiger partial charge in [0.05, 0.1) is 0 Å². The third-order valence-electron chi connectivity index (χ3n) is 2.56. The largest absolute Gasteiger partial charge is 0.330 e. The molecule has 0 bridgehead atoms. The Bertz CT molecular complexity index is 295. The highest BCUT2D eigenvalue weighted by atomic mass is 79.9. The van der Waals surface area contributed by atoms with Crippen molar-refractivity contribution in [1.29, 1.82) is 0 Å². The van der Waals surface area contributed by atoms with Crippen molar-refractivity contribution < 1.29 is 0 Å². The van der Waals surface area contributed by atoms with E-state index in [1.165, 1.54) is 11.1 Å². The molecule has 0 saturated heterocycles. The molecule has 1 aromatic carbocycles. The zero-order valence-electron chi connectivity index (χ0n) is 8.46. The summed E-state index contributed by atoms with van der Waals surface area (Å²) in [6, 6.07) is 6.24. The maximum absolute atomic E-state index is 5.63. The maximum Gasteiger partial charge on any atom is 0.0207 e. The van der Waals surface area contributed by atoms with E-state index >= 15 is 0 Å². The number of hydrogen-bond acceptors (Lipinski definition) is 2. The van der Waals surface area contributed by atoms with Gasteiger partial charge in [0.1, 0.15) is 0 Å². The lowest BCUT2D eigenvalue weighted by atomic mass is 9.96. The van der Waals surface area contributed by atoms with Crippen LogP contribution in [0.3, 0.4) is 0 Å². The Labute approximate surface area is 93.8 Å². The van der Waals surface area contributed by atoms with Gasteiger partial charge in [-0.2, -0.15) is 0 Å². The first-order chi connectivity index (χ1) is 6.69. The lowest BCUT2D eigenvalue weighted by Crippen LogP contribution is -2.25. The van der Waals surface area contributed by atoms with Crippen molar-refractivity contribution in [1.82, 2.24) is 0 Å². The lowest BCUT2D eigenvalue weighted by molar-refractivity contribution is 0.547. The highest BCUT2D eigenvalue weighted by molar-refractivity contribution is 9.10. The van der Waals surface area contributed by atoms with Gasteiger partial charge in [0.15, 0.2) is 0 Å². The van der Waals surface area contributed by atoms with E-state index in [0.29, 0.717) is 19.0 Å². The van der Waals surface area contributed by atoms with E-state index < -0.39 is 0 Å². The van der Waals surface area contributed by atoms with Gasteiger partial charge in [0.25, 0.3) is 0 Å². The van der Waals surface area contributed by atoms with Gasteiger partial charge in [-0.25, -0.2) is 0 Å². The molecule has 14 heavy (non-hydrogen) atoms. The van der Waals surface area contributed by atoms with Crippen LogP contribution in [-0.4, -0.2) is 13.1 Å². The van der Waals surface area contributed by atoms with Crippen LogP contribution in [-0.2, 0) is 6.42 Å². The molecule has 2 nitrogen and oxygen atoms in total. The summed E-state index contributed by atoms with van der Waals surface area (Å²) >= 11 is 3.52. The second kappa shape index (κ2) is 5.49. The molecule has 0 fully saturated rings. The summed E-state index contributed by atoms with van der Waals surface area (Å²) in [5.41, 5.74) is 13.9. The van der Waals surface area contributed by atoms with Crippen molar-refractivity contribution in [2.75, 3.05) is 13.1 Å². The van der Waals surface area contributed by atoms with Gasteiger partial charge >= 0.3 is 0 Å². The smallest absolute Gasteiger partial charge is 0.0207 e. The number of rotatable bonds is 4. The minimum atomic E-state index is 0.392. The Morgan fingerprint density at radius 3 is 2.50 bits per heavy atom. The third-order valence-corrected chi connectivity index (χ3v) is 3.41. The van der Waals surface area contributed by atoms with E-state index in [0.717, 1.165) is 10.9 Å². The molecule has 78 valence electrons. The van der Waals surface area contributed by atoms with Gasteiger partial charge in [-0.05, 0) is 49.5 Å². The van der Waals surface area contributed by atoms with Crippen molar-refractivity contribution in [3.63, 3.8) is 0 Å². The normalized spacial score (nSPS) is 10.9. The van der Waals surface area contributed by atoms with E-state index in [-0.39, 0.29) is 0 Å². The Morgan fingerprint density at radius 1 is 1.29 bits per heavy atom. The SMILES string of the molecule is Cc1c(Br)cccc1CC(CN)CN. The topological polar surface area (TPSA) is 52.0 Å². The van der Waals surface area contributed by atoms with Gasteiger partial charge in [0, 0.05) is 4.47 Å². The fourth-order valence-electron chi connectivity index (χ4n) is 1.45. The van der Waals surface area contributed by atoms with Crippen LogP contribution in [0.1, 0.15) is 11.1 Å². The Kier molecular flexibility index (Phi) is 4.58. The van der Waals surface area contributed by atoms with E-state index in [9.17, 15) is 0 Å². The standard InChI is InChI=1S/C11H17BrN2/c1-8-10(3-2-4-11(8)12)5-9(6-13)7-14/h2-4,9H,5-7,13-14H2,1H3. The molecule has 0 atom stereocenters. The zero-order valence-corrected chi connectivity index (χ0v) is 10.0. The summed E-state index contributed by atoms with van der Waals surface area (Å²) in [6.45, 7) is 3.43. The minimum Gasteiger partial charge on any atom is -0.330 e. The summed E-state index contributed by atoms with van der Waals surface area (Å²) in [7, 11) is 0. The number of benzene rings is 1. The van der Waals surface area contributed by atoms with Gasteiger partial charge in [-0.3, -0.25) is 0 Å². The van der Waals surface area contributed by atoms with Crippen LogP contribution in [0.5, 0.6) is 0 Å². The zero-order chi connectivity index (χ0) is 10.6. The fraction of sp³-hybridized carbons (Fsp3) is 0.455. The van der Waals surface area contributed by atoms with E-state index in [1.807, 2.05) is 0 Å². The molecule has 1 aromatic rings. The quantitative estimate of drug-likeness (QED) is 0.864. The molecule has 0 saturated carbocycles. The summed E-state index contributed by atoms with van der Waals surface area (Å²) in [5.74, 6) is 0.392. The molecule has 0 unspecified atom stereocenters. The molecule has 0 aliphatic carbocycles. The number of hydrogen-bond donors (Lipinski definition) is 2. The molecular weight excluding hydrogens is 240 g/mol. The Balaban J connectivity index is 2.80. The first-order valence-electron chi connectivity index (χ1n) is 4.83. The first kappa shape index (κ1) is 11.7. The van der Waals surface area contributed by atoms with Gasteiger partial charge in [-0.15, -0.1) is 0 Å². The average Bonchev–Trinajstić information content (AvgIpc) is 2.20. The number of halogens is 1. The minimum absolute atomic E-state index is 0.392. The van der Waals surface area contributed by atoms with Crippen molar-refractivity contribution in [2.24, 2.45) is 17.4 Å². The highest BCUT2D eigenvalue weighted by Crippen LogP contribution is 2.21. The molecule has 0 aliphatic heterocycles. The molecule has 0 amide bonds. The van der Waals surface area contributed by atoms with Crippen LogP contribution in [0.25, 0.3) is 0 Å². The molecule has 0 heterocycles. The van der Waals surface area contributed by atoms with Gasteiger partial charge < -0.3 is 11.5 Å². The van der Waals surface area contributed by atoms with E-state index in [2.05, 4.69) is 41.1 Å². The second-order valence-electron chi connectivity index (χ2n) is 3.57. The monoisotopic (exact) mass is 256 g/mol. The van der Waals surface area contributed by atoms with Crippen LogP contribution >= 0.6 is 15.9 Å². The molecule has 0 radical (unpaired) electrons. The molecule has 4 N–H and O–H groups in total. The van der Waals surface area contributed by atoms with Gasteiger partial charge in [0.2, 0.25) is 0 Å². The third kappa shape index (κ3) is 2.80. The van der Waals surface area contributed by atoms with E-state index in [1.54, 1.807) is 0 Å². The van der Waals surface area contributed by atoms with Crippen LogP contribution in [0, 0.1) is 12.8 Å². The Hall–Kier alpha value is -0.380. The molecule has 0 aromatic heterocycles. The van der Waals surface area contributed by atoms with Crippen molar-refractivity contribution >= 4 is 15.9 Å². The molecule has 0 spiro atoms. The lowest BCUT2D eigenvalue weighted by Gasteiger charge is -2.14. The average molecular weight is 257 g/mol. The van der Waals surface area contributed by atoms with Crippen LogP contribution in [0.2, 0.25) is 0 Å². The van der Waals surface area contributed by atoms with Crippen LogP contribution < -0.4 is 11.5 Å². The number of nitrogens with two attached hydrogens (primary N) is 2. The van der Waals surface area contributed by atoms with Crippen molar-refractivity contribution in [2.45, 2.75) is 13.3 Å². The Morgan fingerprint density at radius 2 is 1.93 bits per heavy atom. The molecule has 1 rings (SSSR count). The molecule has 3 heteroatoms. The molecule has 0 aliphatic rings. The predicted molar refractivity (Wildman–Crippen MR) is 64.2 cm³/mol. The van der Waals surface area contributed by atoms with E-state index in [4.69, 9.17) is 11.5 Å². The van der Waals surface area contributed by atoms with Crippen LogP contribution in [0.4, 0.5) is 0 Å². The summed E-state index contributed by atoms with van der Waals surface area (Å²) in [4.78, 5) is 0. The van der Waals surface area contributed by atoms with Gasteiger partial charge in [-0.1, -0.05) is 28.1 Å². The highest BCUT2D eigenvalue weighted by Gasteiger charge is 2.08. The summed E-state index contributed by atoms with van der Waals surface area (Å²) in [5, 5.41) is 0. The predicted octanol–water partition coefficient (Wildman–Crippen LogP) is 1.83. The fourth-order valence-corrected chi connectivity index (χ4v) is 1.85. The maximum atomic E-state index is 5.63. The van der Waals surface area contributed by atoms with Crippen LogP contribution in [0.15, 0.2) is 22.7 Å². The summed E-state index contributed by atoms with van der Waals surface area (Å²) in [6.07, 6.45) is 0.971. The second-order valence-corrected chi connectivity index (χ2v) is 4.42. The first-order valence-corrected chi connectivity index (χ1v) is 5.62. The summed E-state index contributed by atoms with van der Waals surface area (Å²) < 4.78 is 1.16. The molecular formula is C11H17BrN2.